The van der Waals surface area contributed by atoms with Crippen molar-refractivity contribution in [1.82, 2.24) is 9.47 Å². The molecule has 1 atom stereocenters. The van der Waals surface area contributed by atoms with Crippen molar-refractivity contribution in [2.45, 2.75) is 19.4 Å². The second-order valence-corrected chi connectivity index (χ2v) is 6.56. The van der Waals surface area contributed by atoms with Crippen molar-refractivity contribution in [1.29, 1.82) is 0 Å². The fraction of sp³-hybridized carbons (Fsp3) is 0.421. The maximum atomic E-state index is 12.7. The molecule has 2 heterocycles. The molecule has 3 rings (SSSR count). The Bertz CT molecular complexity index is 695. The van der Waals surface area contributed by atoms with Gasteiger partial charge in [-0.2, -0.15) is 0 Å². The zero-order chi connectivity index (χ0) is 16.9. The molecular formula is C19H25N3O2. The molecule has 1 aromatic carbocycles. The van der Waals surface area contributed by atoms with Crippen LogP contribution in [0, 0.1) is 5.92 Å². The molecule has 128 valence electrons. The monoisotopic (exact) mass is 327 g/mol. The summed E-state index contributed by atoms with van der Waals surface area (Å²) in [5, 5.41) is 12.7. The van der Waals surface area contributed by atoms with Gasteiger partial charge >= 0.3 is 0 Å². The number of likely N-dealkylation sites (tertiary alicyclic amines) is 1. The van der Waals surface area contributed by atoms with Gasteiger partial charge in [-0.25, -0.2) is 0 Å². The van der Waals surface area contributed by atoms with Gasteiger partial charge in [-0.1, -0.05) is 6.07 Å². The Labute approximate surface area is 142 Å². The Kier molecular flexibility index (Phi) is 5.20. The summed E-state index contributed by atoms with van der Waals surface area (Å²) in [6.45, 7) is 2.31. The number of hydrogen-bond acceptors (Lipinski definition) is 3. The van der Waals surface area contributed by atoms with Crippen LogP contribution in [0.25, 0.3) is 0 Å². The summed E-state index contributed by atoms with van der Waals surface area (Å²) in [4.78, 5) is 14.6. The largest absolute Gasteiger partial charge is 0.396 e. The molecule has 0 radical (unpaired) electrons. The number of aliphatic hydroxyl groups is 1. The first-order valence-corrected chi connectivity index (χ1v) is 8.50. The molecule has 0 saturated carbocycles. The van der Waals surface area contributed by atoms with Crippen LogP contribution in [-0.4, -0.2) is 40.2 Å². The van der Waals surface area contributed by atoms with Crippen LogP contribution in [0.15, 0.2) is 42.7 Å². The van der Waals surface area contributed by atoms with E-state index in [1.165, 1.54) is 5.56 Å². The van der Waals surface area contributed by atoms with E-state index in [1.54, 1.807) is 0 Å². The van der Waals surface area contributed by atoms with E-state index in [0.29, 0.717) is 12.1 Å². The van der Waals surface area contributed by atoms with Crippen LogP contribution >= 0.6 is 0 Å². The SMILES string of the molecule is Cn1ccc(CNc2cccc(C(=O)N3CCCC(CO)C3)c2)c1. The smallest absolute Gasteiger partial charge is 0.253 e. The summed E-state index contributed by atoms with van der Waals surface area (Å²) < 4.78 is 2.02. The Morgan fingerprint density at radius 3 is 3.00 bits per heavy atom. The van der Waals surface area contributed by atoms with Crippen LogP contribution in [0.5, 0.6) is 0 Å². The first-order valence-electron chi connectivity index (χ1n) is 8.50. The van der Waals surface area contributed by atoms with Gasteiger partial charge in [-0.05, 0) is 48.6 Å². The highest BCUT2D eigenvalue weighted by Crippen LogP contribution is 2.20. The van der Waals surface area contributed by atoms with Crippen molar-refractivity contribution in [2.75, 3.05) is 25.0 Å². The topological polar surface area (TPSA) is 57.5 Å². The van der Waals surface area contributed by atoms with Gasteiger partial charge in [0.05, 0.1) is 0 Å². The zero-order valence-electron chi connectivity index (χ0n) is 14.1. The maximum Gasteiger partial charge on any atom is 0.253 e. The minimum atomic E-state index is 0.0523. The highest BCUT2D eigenvalue weighted by Gasteiger charge is 2.24. The summed E-state index contributed by atoms with van der Waals surface area (Å²) in [6.07, 6.45) is 6.05. The molecule has 5 nitrogen and oxygen atoms in total. The number of benzene rings is 1. The summed E-state index contributed by atoms with van der Waals surface area (Å²) in [7, 11) is 2.00. The third-order valence-corrected chi connectivity index (χ3v) is 4.56. The van der Waals surface area contributed by atoms with E-state index in [9.17, 15) is 9.90 Å². The third-order valence-electron chi connectivity index (χ3n) is 4.56. The van der Waals surface area contributed by atoms with Crippen molar-refractivity contribution in [3.63, 3.8) is 0 Å². The molecule has 1 unspecified atom stereocenters. The van der Waals surface area contributed by atoms with Crippen molar-refractivity contribution < 1.29 is 9.90 Å². The van der Waals surface area contributed by atoms with E-state index in [-0.39, 0.29) is 18.4 Å². The van der Waals surface area contributed by atoms with E-state index in [1.807, 2.05) is 47.0 Å². The molecule has 0 aliphatic carbocycles. The Morgan fingerprint density at radius 2 is 2.25 bits per heavy atom. The molecule has 0 bridgehead atoms. The van der Waals surface area contributed by atoms with Crippen LogP contribution in [0.1, 0.15) is 28.8 Å². The number of anilines is 1. The Hall–Kier alpha value is -2.27. The van der Waals surface area contributed by atoms with E-state index >= 15 is 0 Å². The summed E-state index contributed by atoms with van der Waals surface area (Å²) >= 11 is 0. The Balaban J connectivity index is 1.64. The molecule has 1 fully saturated rings. The lowest BCUT2D eigenvalue weighted by Gasteiger charge is -2.32. The molecule has 1 aromatic heterocycles. The molecule has 1 saturated heterocycles. The number of amides is 1. The maximum absolute atomic E-state index is 12.7. The molecule has 1 amide bonds. The Morgan fingerprint density at radius 1 is 1.38 bits per heavy atom. The fourth-order valence-corrected chi connectivity index (χ4v) is 3.21. The van der Waals surface area contributed by atoms with Crippen LogP contribution in [0.3, 0.4) is 0 Å². The summed E-state index contributed by atoms with van der Waals surface area (Å²) in [6, 6.07) is 9.73. The van der Waals surface area contributed by atoms with Gasteiger partial charge in [-0.3, -0.25) is 4.79 Å². The van der Waals surface area contributed by atoms with Gasteiger partial charge in [0.15, 0.2) is 0 Å². The minimum absolute atomic E-state index is 0.0523. The van der Waals surface area contributed by atoms with Gasteiger partial charge in [-0.15, -0.1) is 0 Å². The average Bonchev–Trinajstić information content (AvgIpc) is 3.05. The van der Waals surface area contributed by atoms with Gasteiger partial charge < -0.3 is 19.9 Å². The number of aryl methyl sites for hydroxylation is 1. The molecule has 1 aliphatic heterocycles. The minimum Gasteiger partial charge on any atom is -0.396 e. The van der Waals surface area contributed by atoms with Crippen LogP contribution in [0.4, 0.5) is 5.69 Å². The summed E-state index contributed by atoms with van der Waals surface area (Å²) in [5.41, 5.74) is 2.85. The first kappa shape index (κ1) is 16.6. The van der Waals surface area contributed by atoms with Gasteiger partial charge in [0.2, 0.25) is 0 Å². The van der Waals surface area contributed by atoms with Crippen LogP contribution in [0.2, 0.25) is 0 Å². The second-order valence-electron chi connectivity index (χ2n) is 6.56. The second kappa shape index (κ2) is 7.53. The number of hydrogen-bond donors (Lipinski definition) is 2. The van der Waals surface area contributed by atoms with Crippen LogP contribution < -0.4 is 5.32 Å². The molecule has 5 heteroatoms. The zero-order valence-corrected chi connectivity index (χ0v) is 14.1. The van der Waals surface area contributed by atoms with Crippen molar-refractivity contribution in [2.24, 2.45) is 13.0 Å². The molecule has 1 aliphatic rings. The van der Waals surface area contributed by atoms with Gasteiger partial charge in [0, 0.05) is 56.9 Å². The van der Waals surface area contributed by atoms with Crippen molar-refractivity contribution >= 4 is 11.6 Å². The molecule has 2 N–H and O–H groups in total. The molecule has 0 spiro atoms. The van der Waals surface area contributed by atoms with Gasteiger partial charge in [0.25, 0.3) is 5.91 Å². The van der Waals surface area contributed by atoms with E-state index in [4.69, 9.17) is 0 Å². The number of aliphatic hydroxyl groups excluding tert-OH is 1. The standard InChI is InChI=1S/C19H25N3O2/c1-21-9-7-15(12-21)11-20-18-6-2-5-17(10-18)19(24)22-8-3-4-16(13-22)14-23/h2,5-7,9-10,12,16,20,23H,3-4,8,11,13-14H2,1H3. The lowest BCUT2D eigenvalue weighted by atomic mass is 9.98. The van der Waals surface area contributed by atoms with Crippen molar-refractivity contribution in [3.8, 4) is 0 Å². The molecular weight excluding hydrogens is 302 g/mol. The number of nitrogens with one attached hydrogen (secondary N) is 1. The van der Waals surface area contributed by atoms with Gasteiger partial charge in [0.1, 0.15) is 0 Å². The molecule has 24 heavy (non-hydrogen) atoms. The number of rotatable bonds is 5. The van der Waals surface area contributed by atoms with E-state index in [2.05, 4.69) is 17.6 Å². The average molecular weight is 327 g/mol. The third kappa shape index (κ3) is 3.97. The lowest BCUT2D eigenvalue weighted by Crippen LogP contribution is -2.40. The van der Waals surface area contributed by atoms with Crippen LogP contribution in [-0.2, 0) is 13.6 Å². The number of nitrogens with zero attached hydrogens (tertiary/aromatic N) is 2. The van der Waals surface area contributed by atoms with Crippen molar-refractivity contribution in [3.05, 3.63) is 53.9 Å². The first-order chi connectivity index (χ1) is 11.7. The fourth-order valence-electron chi connectivity index (χ4n) is 3.21. The van der Waals surface area contributed by atoms with E-state index in [0.717, 1.165) is 31.6 Å². The number of piperidine rings is 1. The predicted octanol–water partition coefficient (Wildman–Crippen LogP) is 2.48. The predicted molar refractivity (Wildman–Crippen MR) is 94.9 cm³/mol. The quantitative estimate of drug-likeness (QED) is 0.887. The number of carbonyl (C=O) groups is 1. The molecule has 2 aromatic rings. The number of aromatic nitrogens is 1. The van der Waals surface area contributed by atoms with E-state index < -0.39 is 0 Å². The highest BCUT2D eigenvalue weighted by molar-refractivity contribution is 5.95. The highest BCUT2D eigenvalue weighted by atomic mass is 16.3. The summed E-state index contributed by atoms with van der Waals surface area (Å²) in [5.74, 6) is 0.263. The number of carbonyl (C=O) groups excluding carboxylic acids is 1. The normalized spacial score (nSPS) is 17.8. The lowest BCUT2D eigenvalue weighted by molar-refractivity contribution is 0.0621.